The number of alkyl halides is 9. The topological polar surface area (TPSA) is 93.0 Å². The van der Waals surface area contributed by atoms with Gasteiger partial charge in [-0.2, -0.15) is 39.5 Å². The van der Waals surface area contributed by atoms with Crippen molar-refractivity contribution in [3.8, 4) is 11.5 Å². The fraction of sp³-hybridized carbons (Fsp3) is 0.286. The third kappa shape index (κ3) is 5.24. The summed E-state index contributed by atoms with van der Waals surface area (Å²) in [5.41, 5.74) is -3.16. The van der Waals surface area contributed by atoms with Gasteiger partial charge in [-0.05, 0) is 18.2 Å². The van der Waals surface area contributed by atoms with Crippen molar-refractivity contribution in [1.29, 1.82) is 0 Å². The number of anilines is 1. The second kappa shape index (κ2) is 9.13. The van der Waals surface area contributed by atoms with Crippen LogP contribution in [0.25, 0.3) is 22.6 Å². The summed E-state index contributed by atoms with van der Waals surface area (Å²) >= 11 is 0. The Morgan fingerprint density at radius 2 is 1.62 bits per heavy atom. The highest BCUT2D eigenvalue weighted by atomic mass is 32.2. The van der Waals surface area contributed by atoms with Crippen LogP contribution in [-0.2, 0) is 29.2 Å². The molecule has 18 heteroatoms. The lowest BCUT2D eigenvalue weighted by Gasteiger charge is -2.27. The molecule has 0 spiro atoms. The summed E-state index contributed by atoms with van der Waals surface area (Å²) < 4.78 is 147. The molecule has 3 aromatic heterocycles. The number of imidazole rings is 1. The van der Waals surface area contributed by atoms with E-state index in [1.54, 1.807) is 0 Å². The molecular weight excluding hydrogens is 571 g/mol. The van der Waals surface area contributed by atoms with E-state index < -0.39 is 73.2 Å². The zero-order valence-corrected chi connectivity index (χ0v) is 20.4. The van der Waals surface area contributed by atoms with Gasteiger partial charge < -0.3 is 4.57 Å². The van der Waals surface area contributed by atoms with Crippen molar-refractivity contribution in [3.63, 3.8) is 0 Å². The summed E-state index contributed by atoms with van der Waals surface area (Å²) in [6, 6.07) is 0.823. The lowest BCUT2D eigenvalue weighted by molar-refractivity contribution is -0.141. The molecule has 0 radical (unpaired) electrons. The molecule has 39 heavy (non-hydrogen) atoms. The van der Waals surface area contributed by atoms with Gasteiger partial charge >= 0.3 is 18.5 Å². The number of rotatable bonds is 4. The molecule has 0 atom stereocenters. The predicted octanol–water partition coefficient (Wildman–Crippen LogP) is 5.15. The van der Waals surface area contributed by atoms with E-state index in [0.717, 1.165) is 17.7 Å². The monoisotopic (exact) mass is 586 g/mol. The quantitative estimate of drug-likeness (QED) is 0.423. The van der Waals surface area contributed by atoms with E-state index in [0.29, 0.717) is 29.6 Å². The molecule has 210 valence electrons. The second-order valence-corrected chi connectivity index (χ2v) is 10.3. The molecule has 4 heterocycles. The van der Waals surface area contributed by atoms with Gasteiger partial charge in [-0.25, -0.2) is 28.4 Å². The fourth-order valence-electron chi connectivity index (χ4n) is 3.58. The van der Waals surface area contributed by atoms with Crippen LogP contribution in [0, 0.1) is 0 Å². The third-order valence-corrected chi connectivity index (χ3v) is 7.32. The van der Waals surface area contributed by atoms with Crippen LogP contribution in [0.5, 0.6) is 0 Å². The summed E-state index contributed by atoms with van der Waals surface area (Å²) in [6.07, 6.45) is -12.7. The Balaban J connectivity index is 2.00. The molecule has 0 bridgehead atoms. The number of nitrogens with one attached hydrogen (secondary N) is 1. The van der Waals surface area contributed by atoms with Crippen LogP contribution in [0.1, 0.15) is 18.2 Å². The molecule has 0 fully saturated rings. The van der Waals surface area contributed by atoms with Crippen molar-refractivity contribution in [2.75, 3.05) is 10.8 Å². The third-order valence-electron chi connectivity index (χ3n) is 5.58. The predicted molar refractivity (Wildman–Crippen MR) is 118 cm³/mol. The number of hydrogen-bond acceptors (Lipinski definition) is 7. The normalized spacial score (nSPS) is 15.1. The van der Waals surface area contributed by atoms with E-state index in [1.807, 2.05) is 5.43 Å². The Labute approximate surface area is 213 Å². The first-order valence-electron chi connectivity index (χ1n) is 10.6. The van der Waals surface area contributed by atoms with Gasteiger partial charge in [0.1, 0.15) is 17.0 Å². The first-order valence-corrected chi connectivity index (χ1v) is 12.3. The molecular formula is C21H15F9N6O2S. The lowest BCUT2D eigenvalue weighted by atomic mass is 10.2. The smallest absolute Gasteiger partial charge is 0.324 e. The Morgan fingerprint density at radius 1 is 0.949 bits per heavy atom. The first kappa shape index (κ1) is 28.2. The second-order valence-electron chi connectivity index (χ2n) is 8.07. The summed E-state index contributed by atoms with van der Waals surface area (Å²) in [5, 5.41) is 0.482. The zero-order valence-electron chi connectivity index (χ0n) is 19.5. The van der Waals surface area contributed by atoms with Gasteiger partial charge in [-0.3, -0.25) is 5.43 Å². The minimum atomic E-state index is -5.22. The number of allylic oxidation sites excluding steroid dienone is 2. The van der Waals surface area contributed by atoms with E-state index in [4.69, 9.17) is 0 Å². The maximum absolute atomic E-state index is 14.0. The number of halogens is 9. The van der Waals surface area contributed by atoms with E-state index in [-0.39, 0.29) is 17.1 Å². The van der Waals surface area contributed by atoms with Crippen molar-refractivity contribution < 1.29 is 47.9 Å². The molecule has 4 rings (SSSR count). The molecule has 0 saturated heterocycles. The minimum Gasteiger partial charge on any atom is -0.324 e. The number of hydrazine groups is 1. The summed E-state index contributed by atoms with van der Waals surface area (Å²) in [4.78, 5) is 10.2. The average molecular weight is 586 g/mol. The number of aromatic nitrogens is 4. The van der Waals surface area contributed by atoms with E-state index >= 15 is 0 Å². The molecule has 1 aliphatic heterocycles. The van der Waals surface area contributed by atoms with Crippen LogP contribution < -0.4 is 10.4 Å². The summed E-state index contributed by atoms with van der Waals surface area (Å²) in [5.74, 6) is -2.15. The SMILES string of the molecule is CCS(=O)(=O)c1cc(C(F)(F)F)c(N2C=CC(C(F)(F)F)=CN2)nc1-c1nc2cc(C(F)(F)F)ncc2n1C. The lowest BCUT2D eigenvalue weighted by Crippen LogP contribution is -2.35. The first-order chi connectivity index (χ1) is 17.8. The van der Waals surface area contributed by atoms with Crippen molar-refractivity contribution in [3.05, 3.63) is 53.6 Å². The van der Waals surface area contributed by atoms with Crippen LogP contribution >= 0.6 is 0 Å². The van der Waals surface area contributed by atoms with Crippen molar-refractivity contribution >= 4 is 26.7 Å². The van der Waals surface area contributed by atoms with Crippen molar-refractivity contribution in [2.24, 2.45) is 7.05 Å². The summed E-state index contributed by atoms with van der Waals surface area (Å²) in [7, 11) is -3.20. The largest absolute Gasteiger partial charge is 0.433 e. The Morgan fingerprint density at radius 3 is 2.13 bits per heavy atom. The van der Waals surface area contributed by atoms with Gasteiger partial charge in [0.2, 0.25) is 0 Å². The molecule has 8 nitrogen and oxygen atoms in total. The highest BCUT2D eigenvalue weighted by Crippen LogP contribution is 2.41. The van der Waals surface area contributed by atoms with Gasteiger partial charge in [0.25, 0.3) is 0 Å². The van der Waals surface area contributed by atoms with E-state index in [9.17, 15) is 47.9 Å². The molecule has 0 unspecified atom stereocenters. The number of aryl methyl sites for hydroxylation is 1. The Kier molecular flexibility index (Phi) is 6.60. The molecule has 0 aromatic carbocycles. The van der Waals surface area contributed by atoms with Crippen molar-refractivity contribution in [1.82, 2.24) is 24.9 Å². The van der Waals surface area contributed by atoms with Crippen molar-refractivity contribution in [2.45, 2.75) is 30.3 Å². The number of sulfone groups is 1. The molecule has 0 saturated carbocycles. The molecule has 0 aliphatic carbocycles. The molecule has 3 aromatic rings. The standard InChI is InChI=1S/C21H15F9N6O2S/c1-3-39(37,38)14-6-11(20(25,26)27)17(36-5-4-10(8-32-36)19(22,23)24)34-16(14)18-33-12-7-15(21(28,29)30)31-9-13(12)35(18)2/h4-9,32H,3H2,1-2H3. The number of fused-ring (bicyclic) bond motifs is 1. The molecule has 1 aliphatic rings. The van der Waals surface area contributed by atoms with Gasteiger partial charge in [0.15, 0.2) is 21.5 Å². The average Bonchev–Trinajstić information content (AvgIpc) is 3.17. The van der Waals surface area contributed by atoms with Gasteiger partial charge in [-0.1, -0.05) is 6.92 Å². The zero-order chi connectivity index (χ0) is 29.1. The Bertz CT molecular complexity index is 1620. The number of pyridine rings is 2. The summed E-state index contributed by atoms with van der Waals surface area (Å²) in [6.45, 7) is 1.15. The van der Waals surface area contributed by atoms with Crippen LogP contribution in [0.2, 0.25) is 0 Å². The highest BCUT2D eigenvalue weighted by molar-refractivity contribution is 7.91. The Hall–Kier alpha value is -3.83. The minimum absolute atomic E-state index is 0.0326. The van der Waals surface area contributed by atoms with E-state index in [1.165, 1.54) is 7.05 Å². The number of nitrogens with zero attached hydrogens (tertiary/aromatic N) is 5. The molecule has 1 N–H and O–H groups in total. The number of hydrogen-bond donors (Lipinski definition) is 1. The maximum Gasteiger partial charge on any atom is 0.433 e. The van der Waals surface area contributed by atoms with Crippen LogP contribution in [-0.4, -0.2) is 39.9 Å². The highest BCUT2D eigenvalue weighted by Gasteiger charge is 2.40. The van der Waals surface area contributed by atoms with Crippen LogP contribution in [0.3, 0.4) is 0 Å². The fourth-order valence-corrected chi connectivity index (χ4v) is 4.62. The van der Waals surface area contributed by atoms with Gasteiger partial charge in [0.05, 0.1) is 33.5 Å². The van der Waals surface area contributed by atoms with Gasteiger partial charge in [-0.15, -0.1) is 0 Å². The van der Waals surface area contributed by atoms with Crippen LogP contribution in [0.15, 0.2) is 47.3 Å². The molecule has 0 amide bonds. The van der Waals surface area contributed by atoms with E-state index in [2.05, 4.69) is 15.0 Å². The van der Waals surface area contributed by atoms with Crippen LogP contribution in [0.4, 0.5) is 45.3 Å². The van der Waals surface area contributed by atoms with Gasteiger partial charge in [0, 0.05) is 19.4 Å². The maximum atomic E-state index is 14.0.